The summed E-state index contributed by atoms with van der Waals surface area (Å²) in [6.45, 7) is 4.60. The van der Waals surface area contributed by atoms with Crippen LogP contribution in [-0.4, -0.2) is 24.6 Å². The van der Waals surface area contributed by atoms with Gasteiger partial charge in [0.2, 0.25) is 0 Å². The fourth-order valence-electron chi connectivity index (χ4n) is 2.44. The minimum absolute atomic E-state index is 0.713. The maximum absolute atomic E-state index is 5.25. The average Bonchev–Trinajstić information content (AvgIpc) is 2.32. The van der Waals surface area contributed by atoms with Crippen LogP contribution in [0.4, 0.5) is 0 Å². The van der Waals surface area contributed by atoms with Gasteiger partial charge in [0.25, 0.3) is 0 Å². The van der Waals surface area contributed by atoms with Crippen molar-refractivity contribution < 1.29 is 4.74 Å². The lowest BCUT2D eigenvalue weighted by Crippen LogP contribution is -2.36. The summed E-state index contributed by atoms with van der Waals surface area (Å²) in [5.74, 6) is 0.903. The van der Waals surface area contributed by atoms with Crippen molar-refractivity contribution in [2.75, 3.05) is 13.7 Å². The van der Waals surface area contributed by atoms with Gasteiger partial charge in [0.05, 0.1) is 11.6 Å². The molecule has 0 aliphatic carbocycles. The lowest BCUT2D eigenvalue weighted by Gasteiger charge is -2.33. The summed E-state index contributed by atoms with van der Waals surface area (Å²) in [5.41, 5.74) is 1.35. The number of rotatable bonds is 3. The molecule has 0 spiro atoms. The second-order valence-electron chi connectivity index (χ2n) is 4.78. The number of hydrogen-bond acceptors (Lipinski definition) is 2. The van der Waals surface area contributed by atoms with E-state index in [9.17, 15) is 0 Å². The summed E-state index contributed by atoms with van der Waals surface area (Å²) in [4.78, 5) is 2.57. The first-order valence-corrected chi connectivity index (χ1v) is 7.06. The molecule has 0 radical (unpaired) electrons. The van der Waals surface area contributed by atoms with Crippen molar-refractivity contribution in [1.82, 2.24) is 4.90 Å². The van der Waals surface area contributed by atoms with E-state index in [1.54, 1.807) is 7.11 Å². The third-order valence-electron chi connectivity index (χ3n) is 3.54. The van der Waals surface area contributed by atoms with Gasteiger partial charge >= 0.3 is 0 Å². The quantitative estimate of drug-likeness (QED) is 0.841. The van der Waals surface area contributed by atoms with Gasteiger partial charge in [-0.25, -0.2) is 0 Å². The molecule has 0 bridgehead atoms. The summed E-state index contributed by atoms with van der Waals surface area (Å²) in [6, 6.07) is 7.07. The van der Waals surface area contributed by atoms with Crippen molar-refractivity contribution in [2.24, 2.45) is 0 Å². The highest BCUT2D eigenvalue weighted by Gasteiger charge is 2.18. The highest BCUT2D eigenvalue weighted by molar-refractivity contribution is 9.10. The maximum Gasteiger partial charge on any atom is 0.133 e. The fourth-order valence-corrected chi connectivity index (χ4v) is 3.02. The second-order valence-corrected chi connectivity index (χ2v) is 5.64. The Kier molecular flexibility index (Phi) is 4.46. The minimum atomic E-state index is 0.713. The zero-order valence-electron chi connectivity index (χ0n) is 10.6. The number of nitrogens with zero attached hydrogens (tertiary/aromatic N) is 1. The van der Waals surface area contributed by atoms with Crippen LogP contribution in [0.25, 0.3) is 0 Å². The first-order valence-electron chi connectivity index (χ1n) is 6.27. The molecule has 1 aliphatic rings. The molecule has 1 saturated heterocycles. The van der Waals surface area contributed by atoms with E-state index in [2.05, 4.69) is 39.9 Å². The maximum atomic E-state index is 5.25. The molecule has 2 nitrogen and oxygen atoms in total. The van der Waals surface area contributed by atoms with Crippen molar-refractivity contribution >= 4 is 15.9 Å². The van der Waals surface area contributed by atoms with Crippen LogP contribution < -0.4 is 4.74 Å². The van der Waals surface area contributed by atoms with E-state index in [0.29, 0.717) is 6.04 Å². The van der Waals surface area contributed by atoms with E-state index >= 15 is 0 Å². The summed E-state index contributed by atoms with van der Waals surface area (Å²) < 4.78 is 6.29. The van der Waals surface area contributed by atoms with Gasteiger partial charge in [-0.1, -0.05) is 12.5 Å². The molecule has 1 aliphatic heterocycles. The highest BCUT2D eigenvalue weighted by Crippen LogP contribution is 2.27. The monoisotopic (exact) mass is 297 g/mol. The van der Waals surface area contributed by atoms with Crippen molar-refractivity contribution in [2.45, 2.75) is 38.8 Å². The van der Waals surface area contributed by atoms with Gasteiger partial charge in [-0.3, -0.25) is 4.90 Å². The first kappa shape index (κ1) is 12.9. The normalized spacial score (nSPS) is 21.5. The number of likely N-dealkylation sites (tertiary alicyclic amines) is 1. The summed E-state index contributed by atoms with van der Waals surface area (Å²) >= 11 is 3.54. The molecule has 3 heteroatoms. The van der Waals surface area contributed by atoms with Gasteiger partial charge in [0, 0.05) is 12.6 Å². The van der Waals surface area contributed by atoms with Crippen LogP contribution in [-0.2, 0) is 6.54 Å². The van der Waals surface area contributed by atoms with Gasteiger partial charge in [0.1, 0.15) is 5.75 Å². The van der Waals surface area contributed by atoms with E-state index in [1.807, 2.05) is 6.07 Å². The molecule has 0 aromatic heterocycles. The Morgan fingerprint density at radius 1 is 1.41 bits per heavy atom. The molecule has 1 heterocycles. The molecule has 1 fully saturated rings. The van der Waals surface area contributed by atoms with Crippen LogP contribution in [0.3, 0.4) is 0 Å². The van der Waals surface area contributed by atoms with Crippen LogP contribution in [0.15, 0.2) is 22.7 Å². The van der Waals surface area contributed by atoms with Gasteiger partial charge in [-0.05, 0) is 59.9 Å². The Bertz CT molecular complexity index is 380. The summed E-state index contributed by atoms with van der Waals surface area (Å²) in [7, 11) is 1.70. The van der Waals surface area contributed by atoms with Crippen LogP contribution in [0, 0.1) is 0 Å². The number of methoxy groups -OCH3 is 1. The van der Waals surface area contributed by atoms with E-state index in [1.165, 1.54) is 31.4 Å². The van der Waals surface area contributed by atoms with Crippen molar-refractivity contribution in [3.05, 3.63) is 28.2 Å². The lowest BCUT2D eigenvalue weighted by atomic mass is 10.0. The Hall–Kier alpha value is -0.540. The Morgan fingerprint density at radius 2 is 2.24 bits per heavy atom. The van der Waals surface area contributed by atoms with Crippen LogP contribution in [0.5, 0.6) is 5.75 Å². The third kappa shape index (κ3) is 3.23. The molecular weight excluding hydrogens is 278 g/mol. The molecule has 1 atom stereocenters. The van der Waals surface area contributed by atoms with Gasteiger partial charge in [0.15, 0.2) is 0 Å². The van der Waals surface area contributed by atoms with E-state index in [4.69, 9.17) is 4.74 Å². The van der Waals surface area contributed by atoms with Gasteiger partial charge < -0.3 is 4.74 Å². The van der Waals surface area contributed by atoms with E-state index < -0.39 is 0 Å². The average molecular weight is 298 g/mol. The highest BCUT2D eigenvalue weighted by atomic mass is 79.9. The third-order valence-corrected chi connectivity index (χ3v) is 4.16. The fraction of sp³-hybridized carbons (Fsp3) is 0.571. The molecular formula is C14H20BrNO. The second kappa shape index (κ2) is 5.87. The topological polar surface area (TPSA) is 12.5 Å². The Balaban J connectivity index is 2.05. The number of benzene rings is 1. The molecule has 1 unspecified atom stereocenters. The molecule has 0 saturated carbocycles. The number of ether oxygens (including phenoxy) is 1. The molecule has 0 N–H and O–H groups in total. The van der Waals surface area contributed by atoms with E-state index in [0.717, 1.165) is 16.8 Å². The molecule has 1 aromatic carbocycles. The van der Waals surface area contributed by atoms with Gasteiger partial charge in [-0.15, -0.1) is 0 Å². The zero-order valence-corrected chi connectivity index (χ0v) is 12.2. The Labute approximate surface area is 112 Å². The number of halogens is 1. The minimum Gasteiger partial charge on any atom is -0.496 e. The standard InChI is InChI=1S/C14H20BrNO/c1-11-5-3-4-8-16(11)10-12-6-7-14(17-2)13(15)9-12/h6-7,9,11H,3-5,8,10H2,1-2H3. The summed E-state index contributed by atoms with van der Waals surface area (Å²) in [6.07, 6.45) is 4.04. The van der Waals surface area contributed by atoms with Crippen LogP contribution in [0.2, 0.25) is 0 Å². The number of hydrogen-bond donors (Lipinski definition) is 0. The predicted octanol–water partition coefficient (Wildman–Crippen LogP) is 3.83. The molecule has 17 heavy (non-hydrogen) atoms. The molecule has 94 valence electrons. The van der Waals surface area contributed by atoms with Crippen molar-refractivity contribution in [3.8, 4) is 5.75 Å². The van der Waals surface area contributed by atoms with E-state index in [-0.39, 0.29) is 0 Å². The van der Waals surface area contributed by atoms with Crippen LogP contribution in [0.1, 0.15) is 31.7 Å². The zero-order chi connectivity index (χ0) is 12.3. The predicted molar refractivity (Wildman–Crippen MR) is 74.4 cm³/mol. The lowest BCUT2D eigenvalue weighted by molar-refractivity contribution is 0.152. The molecule has 2 rings (SSSR count). The number of piperidine rings is 1. The van der Waals surface area contributed by atoms with Crippen molar-refractivity contribution in [3.63, 3.8) is 0 Å². The van der Waals surface area contributed by atoms with Gasteiger partial charge in [-0.2, -0.15) is 0 Å². The SMILES string of the molecule is COc1ccc(CN2CCCCC2C)cc1Br. The first-order chi connectivity index (χ1) is 8.20. The molecule has 1 aromatic rings. The molecule has 0 amide bonds. The van der Waals surface area contributed by atoms with Crippen molar-refractivity contribution in [1.29, 1.82) is 0 Å². The largest absolute Gasteiger partial charge is 0.496 e. The summed E-state index contributed by atoms with van der Waals surface area (Å²) in [5, 5.41) is 0. The van der Waals surface area contributed by atoms with Crippen LogP contribution >= 0.6 is 15.9 Å². The smallest absolute Gasteiger partial charge is 0.133 e. The Morgan fingerprint density at radius 3 is 2.88 bits per heavy atom.